The summed E-state index contributed by atoms with van der Waals surface area (Å²) in [6.07, 6.45) is 0. The summed E-state index contributed by atoms with van der Waals surface area (Å²) in [4.78, 5) is 0. The zero-order valence-electron chi connectivity index (χ0n) is 15.5. The molecule has 0 radical (unpaired) electrons. The molecule has 7 heteroatoms. The predicted molar refractivity (Wildman–Crippen MR) is 97.9 cm³/mol. The molecule has 1 aromatic carbocycles. The molecular formula is C18H23BClFN2O2. The topological polar surface area (TPSA) is 36.3 Å². The zero-order valence-corrected chi connectivity index (χ0v) is 16.2. The van der Waals surface area contributed by atoms with Crippen LogP contribution in [0.15, 0.2) is 18.2 Å². The van der Waals surface area contributed by atoms with E-state index in [0.29, 0.717) is 10.6 Å². The molecule has 25 heavy (non-hydrogen) atoms. The monoisotopic (exact) mass is 364 g/mol. The van der Waals surface area contributed by atoms with E-state index in [1.54, 1.807) is 16.8 Å². The summed E-state index contributed by atoms with van der Waals surface area (Å²) in [6, 6.07) is 4.68. The van der Waals surface area contributed by atoms with Gasteiger partial charge in [-0.2, -0.15) is 5.10 Å². The number of rotatable bonds is 3. The molecule has 0 spiro atoms. The van der Waals surface area contributed by atoms with Gasteiger partial charge in [0.1, 0.15) is 5.82 Å². The van der Waals surface area contributed by atoms with Crippen molar-refractivity contribution >= 4 is 24.2 Å². The Bertz CT molecular complexity index is 783. The van der Waals surface area contributed by atoms with Gasteiger partial charge < -0.3 is 9.31 Å². The van der Waals surface area contributed by atoms with Crippen LogP contribution in [0.1, 0.15) is 44.6 Å². The summed E-state index contributed by atoms with van der Waals surface area (Å²) < 4.78 is 28.1. The van der Waals surface area contributed by atoms with Crippen LogP contribution in [0.5, 0.6) is 0 Å². The highest BCUT2D eigenvalue weighted by molar-refractivity contribution is 6.63. The van der Waals surface area contributed by atoms with E-state index >= 15 is 0 Å². The third-order valence-electron chi connectivity index (χ3n) is 5.30. The molecule has 1 aromatic heterocycles. The number of halogens is 2. The van der Waals surface area contributed by atoms with Gasteiger partial charge in [0.2, 0.25) is 0 Å². The minimum absolute atomic E-state index is 0.262. The lowest BCUT2D eigenvalue weighted by Gasteiger charge is -2.32. The molecule has 0 atom stereocenters. The average Bonchev–Trinajstić information content (AvgIpc) is 2.87. The van der Waals surface area contributed by atoms with Gasteiger partial charge in [-0.1, -0.05) is 17.7 Å². The molecule has 0 unspecified atom stereocenters. The number of hydrogen-bond donors (Lipinski definition) is 0. The van der Waals surface area contributed by atoms with Crippen LogP contribution in [0.25, 0.3) is 0 Å². The molecule has 0 saturated carbocycles. The Morgan fingerprint density at radius 3 is 2.32 bits per heavy atom. The predicted octanol–water partition coefficient (Wildman–Crippen LogP) is 3.64. The van der Waals surface area contributed by atoms with Gasteiger partial charge in [-0.3, -0.25) is 4.68 Å². The van der Waals surface area contributed by atoms with E-state index in [4.69, 9.17) is 20.9 Å². The van der Waals surface area contributed by atoms with E-state index in [1.807, 2.05) is 41.5 Å². The van der Waals surface area contributed by atoms with Crippen molar-refractivity contribution in [2.24, 2.45) is 0 Å². The fraction of sp³-hybridized carbons (Fsp3) is 0.500. The van der Waals surface area contributed by atoms with E-state index in [-0.39, 0.29) is 12.4 Å². The van der Waals surface area contributed by atoms with Gasteiger partial charge in [0.25, 0.3) is 0 Å². The molecule has 0 aliphatic carbocycles. The smallest absolute Gasteiger partial charge is 0.399 e. The first-order chi connectivity index (χ1) is 11.5. The first-order valence-electron chi connectivity index (χ1n) is 8.36. The van der Waals surface area contributed by atoms with E-state index in [9.17, 15) is 4.39 Å². The van der Waals surface area contributed by atoms with Crippen LogP contribution in [0.2, 0.25) is 5.02 Å². The van der Waals surface area contributed by atoms with Gasteiger partial charge in [0.05, 0.1) is 23.4 Å². The van der Waals surface area contributed by atoms with Crippen LogP contribution in [-0.4, -0.2) is 28.1 Å². The molecule has 0 bridgehead atoms. The highest BCUT2D eigenvalue weighted by Gasteiger charge is 2.53. The van der Waals surface area contributed by atoms with Crippen molar-refractivity contribution in [1.82, 2.24) is 9.78 Å². The second-order valence-electron chi connectivity index (χ2n) is 7.53. The third kappa shape index (κ3) is 3.11. The van der Waals surface area contributed by atoms with Gasteiger partial charge in [-0.15, -0.1) is 0 Å². The first kappa shape index (κ1) is 18.4. The van der Waals surface area contributed by atoms with Crippen molar-refractivity contribution in [1.29, 1.82) is 0 Å². The minimum atomic E-state index is -0.491. The lowest BCUT2D eigenvalue weighted by Crippen LogP contribution is -2.41. The number of aryl methyl sites for hydroxylation is 1. The maximum Gasteiger partial charge on any atom is 0.498 e. The van der Waals surface area contributed by atoms with Gasteiger partial charge in [0.15, 0.2) is 0 Å². The summed E-state index contributed by atoms with van der Waals surface area (Å²) in [5.74, 6) is -0.336. The number of nitrogens with zero attached hydrogens (tertiary/aromatic N) is 2. The molecule has 1 saturated heterocycles. The van der Waals surface area contributed by atoms with Crippen LogP contribution in [0, 0.1) is 19.7 Å². The van der Waals surface area contributed by atoms with Crippen LogP contribution in [-0.2, 0) is 15.9 Å². The molecule has 0 amide bonds. The Hall–Kier alpha value is -1.37. The lowest BCUT2D eigenvalue weighted by atomic mass is 9.77. The van der Waals surface area contributed by atoms with E-state index in [0.717, 1.165) is 16.9 Å². The highest BCUT2D eigenvalue weighted by atomic mass is 35.5. The number of benzene rings is 1. The fourth-order valence-electron chi connectivity index (χ4n) is 3.00. The SMILES string of the molecule is Cc1nn(Cc2c(F)cccc2Cl)c(C)c1B1OC(C)(C)C(C)(C)O1. The molecule has 2 heterocycles. The maximum atomic E-state index is 14.1. The van der Waals surface area contributed by atoms with Crippen LogP contribution >= 0.6 is 11.6 Å². The Labute approximate surface area is 153 Å². The zero-order chi connectivity index (χ0) is 18.6. The van der Waals surface area contributed by atoms with Gasteiger partial charge >= 0.3 is 7.12 Å². The molecule has 4 nitrogen and oxygen atoms in total. The fourth-order valence-corrected chi connectivity index (χ4v) is 3.22. The van der Waals surface area contributed by atoms with Crippen molar-refractivity contribution in [2.75, 3.05) is 0 Å². The van der Waals surface area contributed by atoms with Crippen molar-refractivity contribution in [3.63, 3.8) is 0 Å². The molecule has 134 valence electrons. The summed E-state index contributed by atoms with van der Waals surface area (Å²) >= 11 is 6.15. The Morgan fingerprint density at radius 1 is 1.16 bits per heavy atom. The van der Waals surface area contributed by atoms with Crippen molar-refractivity contribution in [3.05, 3.63) is 46.0 Å². The Kier molecular flexibility index (Phi) is 4.50. The van der Waals surface area contributed by atoms with Crippen molar-refractivity contribution in [2.45, 2.75) is 59.3 Å². The standard InChI is InChI=1S/C18H23BClFN2O2/c1-11-16(19-24-17(3,4)18(5,6)25-19)12(2)23(22-11)10-13-14(20)8-7-9-15(13)21/h7-9H,10H2,1-6H3. The summed E-state index contributed by atoms with van der Waals surface area (Å²) in [5, 5.41) is 4.95. The quantitative estimate of drug-likeness (QED) is 0.780. The largest absolute Gasteiger partial charge is 0.498 e. The summed E-state index contributed by atoms with van der Waals surface area (Å²) in [5.41, 5.74) is 2.17. The molecule has 2 aromatic rings. The van der Waals surface area contributed by atoms with Crippen molar-refractivity contribution in [3.8, 4) is 0 Å². The molecular weight excluding hydrogens is 341 g/mol. The molecule has 0 N–H and O–H groups in total. The summed E-state index contributed by atoms with van der Waals surface area (Å²) in [6.45, 7) is 12.2. The first-order valence-corrected chi connectivity index (χ1v) is 8.74. The molecule has 1 fully saturated rings. The van der Waals surface area contributed by atoms with Gasteiger partial charge in [-0.05, 0) is 53.7 Å². The average molecular weight is 365 g/mol. The van der Waals surface area contributed by atoms with E-state index in [1.165, 1.54) is 6.07 Å². The highest BCUT2D eigenvalue weighted by Crippen LogP contribution is 2.37. The van der Waals surface area contributed by atoms with E-state index in [2.05, 4.69) is 5.10 Å². The summed E-state index contributed by atoms with van der Waals surface area (Å²) in [7, 11) is -0.491. The Balaban J connectivity index is 1.95. The van der Waals surface area contributed by atoms with E-state index < -0.39 is 18.3 Å². The van der Waals surface area contributed by atoms with Crippen LogP contribution in [0.4, 0.5) is 4.39 Å². The lowest BCUT2D eigenvalue weighted by molar-refractivity contribution is 0.00578. The molecule has 1 aliphatic rings. The van der Waals surface area contributed by atoms with Gasteiger partial charge in [-0.25, -0.2) is 4.39 Å². The second kappa shape index (κ2) is 6.11. The number of hydrogen-bond acceptors (Lipinski definition) is 3. The second-order valence-corrected chi connectivity index (χ2v) is 7.94. The van der Waals surface area contributed by atoms with Crippen LogP contribution in [0.3, 0.4) is 0 Å². The number of aromatic nitrogens is 2. The maximum absolute atomic E-state index is 14.1. The molecule has 1 aliphatic heterocycles. The molecule has 3 rings (SSSR count). The third-order valence-corrected chi connectivity index (χ3v) is 5.65. The van der Waals surface area contributed by atoms with Crippen LogP contribution < -0.4 is 5.46 Å². The Morgan fingerprint density at radius 2 is 1.76 bits per heavy atom. The minimum Gasteiger partial charge on any atom is -0.399 e. The van der Waals surface area contributed by atoms with Crippen molar-refractivity contribution < 1.29 is 13.7 Å². The van der Waals surface area contributed by atoms with Gasteiger partial charge in [0, 0.05) is 21.7 Å². The normalized spacial score (nSPS) is 18.8.